The molecule has 2 aromatic carbocycles. The normalized spacial score (nSPS) is 11.6. The quantitative estimate of drug-likeness (QED) is 0.238. The van der Waals surface area contributed by atoms with Crippen molar-refractivity contribution in [3.63, 3.8) is 0 Å². The fourth-order valence-electron chi connectivity index (χ4n) is 4.30. The summed E-state index contributed by atoms with van der Waals surface area (Å²) in [6.45, 7) is 1.67. The highest BCUT2D eigenvalue weighted by Gasteiger charge is 2.31. The van der Waals surface area contributed by atoms with Crippen molar-refractivity contribution in [1.29, 1.82) is 0 Å². The van der Waals surface area contributed by atoms with Crippen molar-refractivity contribution in [2.24, 2.45) is 0 Å². The van der Waals surface area contributed by atoms with Gasteiger partial charge in [-0.2, -0.15) is 13.2 Å². The number of hydrogen-bond acceptors (Lipinski definition) is 6. The minimum atomic E-state index is -4.56. The molecule has 11 heteroatoms. The molecular weight excluding hydrogens is 515 g/mol. The van der Waals surface area contributed by atoms with Crippen LogP contribution in [0.15, 0.2) is 76.7 Å². The summed E-state index contributed by atoms with van der Waals surface area (Å²) in [5, 5.41) is 4.12. The van der Waals surface area contributed by atoms with Crippen LogP contribution in [0.5, 0.6) is 6.01 Å². The summed E-state index contributed by atoms with van der Waals surface area (Å²) in [4.78, 5) is 26.3. The van der Waals surface area contributed by atoms with E-state index in [0.717, 1.165) is 27.9 Å². The summed E-state index contributed by atoms with van der Waals surface area (Å²) in [7, 11) is 1.44. The molecule has 2 N–H and O–H groups in total. The third kappa shape index (κ3) is 4.72. The molecule has 0 radical (unpaired) electrons. The van der Waals surface area contributed by atoms with E-state index >= 15 is 0 Å². The second kappa shape index (κ2) is 9.90. The van der Waals surface area contributed by atoms with Gasteiger partial charge in [-0.3, -0.25) is 9.36 Å². The Labute approximate surface area is 219 Å². The van der Waals surface area contributed by atoms with Gasteiger partial charge in [0.05, 0.1) is 12.7 Å². The predicted octanol–water partition coefficient (Wildman–Crippen LogP) is 6.58. The van der Waals surface area contributed by atoms with Crippen LogP contribution in [0.2, 0.25) is 0 Å². The standard InChI is InChI=1S/C27H22F3N5O2S/c1-15-19(16-13-31-26(37-2)32-14-16)11-22(34-24-12-20-21(33-24)8-5-9-23(20)38-3)25(36)35(15)18-7-4-6-17(10-18)27(28,29)30/h4-14,33-34H,1-3H3. The van der Waals surface area contributed by atoms with Crippen LogP contribution in [0.1, 0.15) is 11.3 Å². The van der Waals surface area contributed by atoms with Gasteiger partial charge >= 0.3 is 12.2 Å². The van der Waals surface area contributed by atoms with Crippen LogP contribution in [0, 0.1) is 6.92 Å². The van der Waals surface area contributed by atoms with Gasteiger partial charge in [-0.15, -0.1) is 11.8 Å². The Hall–Kier alpha value is -4.25. The first-order valence-electron chi connectivity index (χ1n) is 11.4. The number of rotatable bonds is 6. The van der Waals surface area contributed by atoms with Gasteiger partial charge < -0.3 is 15.0 Å². The molecule has 0 fully saturated rings. The Morgan fingerprint density at radius 2 is 1.79 bits per heavy atom. The number of nitrogens with zero attached hydrogens (tertiary/aromatic N) is 3. The zero-order valence-corrected chi connectivity index (χ0v) is 21.4. The molecule has 3 aromatic heterocycles. The first-order chi connectivity index (χ1) is 18.2. The van der Waals surface area contributed by atoms with E-state index in [1.54, 1.807) is 24.8 Å². The van der Waals surface area contributed by atoms with Gasteiger partial charge in [0.15, 0.2) is 0 Å². The highest BCUT2D eigenvalue weighted by Crippen LogP contribution is 2.33. The Morgan fingerprint density at radius 1 is 1.05 bits per heavy atom. The molecule has 5 aromatic rings. The van der Waals surface area contributed by atoms with Crippen molar-refractivity contribution in [2.75, 3.05) is 18.7 Å². The zero-order valence-electron chi connectivity index (χ0n) is 20.6. The van der Waals surface area contributed by atoms with Crippen LogP contribution in [0.3, 0.4) is 0 Å². The number of halogens is 3. The Bertz CT molecular complexity index is 1690. The lowest BCUT2D eigenvalue weighted by molar-refractivity contribution is -0.137. The second-order valence-corrected chi connectivity index (χ2v) is 9.28. The van der Waals surface area contributed by atoms with Crippen LogP contribution >= 0.6 is 11.8 Å². The maximum atomic E-state index is 13.7. The van der Waals surface area contributed by atoms with Gasteiger partial charge in [0, 0.05) is 50.7 Å². The van der Waals surface area contributed by atoms with E-state index in [2.05, 4.69) is 20.3 Å². The number of H-pyrrole nitrogens is 1. The van der Waals surface area contributed by atoms with Gasteiger partial charge in [0.25, 0.3) is 5.56 Å². The van der Waals surface area contributed by atoms with E-state index < -0.39 is 17.3 Å². The van der Waals surface area contributed by atoms with Crippen molar-refractivity contribution in [2.45, 2.75) is 18.0 Å². The number of methoxy groups -OCH3 is 1. The zero-order chi connectivity index (χ0) is 27.0. The molecular formula is C27H22F3N5O2S. The van der Waals surface area contributed by atoms with Crippen LogP contribution < -0.4 is 15.6 Å². The molecule has 3 heterocycles. The maximum Gasteiger partial charge on any atom is 0.416 e. The second-order valence-electron chi connectivity index (χ2n) is 8.43. The third-order valence-electron chi connectivity index (χ3n) is 6.11. The largest absolute Gasteiger partial charge is 0.467 e. The van der Waals surface area contributed by atoms with Crippen LogP contribution in [0.25, 0.3) is 27.7 Å². The smallest absolute Gasteiger partial charge is 0.416 e. The van der Waals surface area contributed by atoms with Crippen LogP contribution in [0.4, 0.5) is 24.7 Å². The summed E-state index contributed by atoms with van der Waals surface area (Å²) >= 11 is 1.60. The van der Waals surface area contributed by atoms with E-state index in [1.807, 2.05) is 30.5 Å². The van der Waals surface area contributed by atoms with Gasteiger partial charge in [0.1, 0.15) is 11.5 Å². The number of alkyl halides is 3. The number of fused-ring (bicyclic) bond motifs is 1. The lowest BCUT2D eigenvalue weighted by atomic mass is 10.1. The first-order valence-corrected chi connectivity index (χ1v) is 12.7. The number of hydrogen-bond donors (Lipinski definition) is 2. The lowest BCUT2D eigenvalue weighted by Crippen LogP contribution is -2.24. The fourth-order valence-corrected chi connectivity index (χ4v) is 4.90. The molecule has 0 spiro atoms. The van der Waals surface area contributed by atoms with Crippen molar-refractivity contribution >= 4 is 34.2 Å². The summed E-state index contributed by atoms with van der Waals surface area (Å²) in [6, 6.07) is 14.2. The molecule has 5 rings (SSSR count). The number of pyridine rings is 1. The summed E-state index contributed by atoms with van der Waals surface area (Å²) < 4.78 is 46.8. The SMILES string of the molecule is COc1ncc(-c2cc(Nc3cc4c(SC)cccc4[nH]3)c(=O)n(-c3cccc(C(F)(F)F)c3)c2C)cn1. The molecule has 7 nitrogen and oxygen atoms in total. The molecule has 0 aliphatic carbocycles. The number of thioether (sulfide) groups is 1. The van der Waals surface area contributed by atoms with Crippen LogP contribution in [-0.4, -0.2) is 32.9 Å². The first kappa shape index (κ1) is 25.4. The van der Waals surface area contributed by atoms with E-state index in [-0.39, 0.29) is 17.4 Å². The van der Waals surface area contributed by atoms with E-state index in [1.165, 1.54) is 36.2 Å². The van der Waals surface area contributed by atoms with Crippen molar-refractivity contribution in [3.8, 4) is 22.8 Å². The summed E-state index contributed by atoms with van der Waals surface area (Å²) in [6.07, 6.45) is 0.486. The van der Waals surface area contributed by atoms with Gasteiger partial charge in [-0.25, -0.2) is 9.97 Å². The molecule has 0 saturated heterocycles. The Balaban J connectivity index is 1.70. The minimum Gasteiger partial charge on any atom is -0.467 e. The monoisotopic (exact) mass is 537 g/mol. The fraction of sp³-hybridized carbons (Fsp3) is 0.148. The van der Waals surface area contributed by atoms with E-state index in [4.69, 9.17) is 4.74 Å². The highest BCUT2D eigenvalue weighted by molar-refractivity contribution is 7.98. The topological polar surface area (TPSA) is 84.8 Å². The van der Waals surface area contributed by atoms with Gasteiger partial charge in [-0.1, -0.05) is 12.1 Å². The predicted molar refractivity (Wildman–Crippen MR) is 143 cm³/mol. The average molecular weight is 538 g/mol. The van der Waals surface area contributed by atoms with Gasteiger partial charge in [0.2, 0.25) is 0 Å². The molecule has 0 aliphatic heterocycles. The number of anilines is 2. The molecule has 38 heavy (non-hydrogen) atoms. The van der Waals surface area contributed by atoms with E-state index in [9.17, 15) is 18.0 Å². The van der Waals surface area contributed by atoms with E-state index in [0.29, 0.717) is 22.6 Å². The number of aromatic amines is 1. The van der Waals surface area contributed by atoms with Crippen molar-refractivity contribution < 1.29 is 17.9 Å². The van der Waals surface area contributed by atoms with Crippen LogP contribution in [-0.2, 0) is 6.18 Å². The minimum absolute atomic E-state index is 0.0861. The third-order valence-corrected chi connectivity index (χ3v) is 6.91. The number of ether oxygens (including phenoxy) is 1. The average Bonchev–Trinajstić information content (AvgIpc) is 3.33. The number of aromatic nitrogens is 4. The number of benzene rings is 2. The summed E-state index contributed by atoms with van der Waals surface area (Å²) in [5.41, 5.74) is 1.32. The molecule has 194 valence electrons. The summed E-state index contributed by atoms with van der Waals surface area (Å²) in [5.74, 6) is 0.565. The van der Waals surface area contributed by atoms with Crippen molar-refractivity contribution in [1.82, 2.24) is 19.5 Å². The Kier molecular flexibility index (Phi) is 6.62. The number of nitrogens with one attached hydrogen (secondary N) is 2. The molecule has 0 unspecified atom stereocenters. The Morgan fingerprint density at radius 3 is 2.47 bits per heavy atom. The lowest BCUT2D eigenvalue weighted by Gasteiger charge is -2.18. The maximum absolute atomic E-state index is 13.7. The van der Waals surface area contributed by atoms with Gasteiger partial charge in [-0.05, 0) is 55.6 Å². The van der Waals surface area contributed by atoms with Crippen molar-refractivity contribution in [3.05, 3.63) is 88.6 Å². The highest BCUT2D eigenvalue weighted by atomic mass is 32.2. The molecule has 0 amide bonds. The molecule has 0 aliphatic rings. The molecule has 0 bridgehead atoms. The molecule has 0 saturated carbocycles. The molecule has 0 atom stereocenters.